The fourth-order valence-electron chi connectivity index (χ4n) is 1.25. The molecule has 0 unspecified atom stereocenters. The Morgan fingerprint density at radius 3 is 2.74 bits per heavy atom. The predicted molar refractivity (Wildman–Crippen MR) is 76.4 cm³/mol. The molecule has 1 heterocycles. The number of aromatic nitrogens is 1. The number of benzene rings is 1. The summed E-state index contributed by atoms with van der Waals surface area (Å²) in [6.07, 6.45) is 1.42. The van der Waals surface area contributed by atoms with E-state index in [1.54, 1.807) is 0 Å². The molecule has 2 rings (SSSR count). The molecule has 3 N–H and O–H groups in total. The number of nitrogens with two attached hydrogens (primary N) is 1. The van der Waals surface area contributed by atoms with Crippen LogP contribution in [0.2, 0.25) is 5.02 Å². The molecule has 0 bridgehead atoms. The van der Waals surface area contributed by atoms with Crippen molar-refractivity contribution in [3.63, 3.8) is 0 Å². The van der Waals surface area contributed by atoms with Crippen molar-refractivity contribution in [1.82, 2.24) is 4.98 Å². The molecule has 0 aliphatic carbocycles. The lowest BCUT2D eigenvalue weighted by Gasteiger charge is -2.08. The number of hydrogen-bond donors (Lipinski definition) is 2. The van der Waals surface area contributed by atoms with Gasteiger partial charge >= 0.3 is 0 Å². The van der Waals surface area contributed by atoms with E-state index >= 15 is 0 Å². The maximum atomic E-state index is 13.8. The topological polar surface area (TPSA) is 85.1 Å². The Morgan fingerprint density at radius 2 is 2.16 bits per heavy atom. The van der Waals surface area contributed by atoms with Crippen molar-refractivity contribution in [2.24, 2.45) is 0 Å². The lowest BCUT2D eigenvalue weighted by atomic mass is 10.3. The average Bonchev–Trinajstić information content (AvgIpc) is 2.68. The summed E-state index contributed by atoms with van der Waals surface area (Å²) in [5, 5.41) is 0.129. The summed E-state index contributed by atoms with van der Waals surface area (Å²) in [4.78, 5) is 3.17. The highest BCUT2D eigenvalue weighted by molar-refractivity contribution is 9.11. The van der Waals surface area contributed by atoms with Crippen LogP contribution < -0.4 is 10.5 Å². The Labute approximate surface area is 125 Å². The van der Waals surface area contributed by atoms with Crippen LogP contribution in [0.3, 0.4) is 0 Å². The Balaban J connectivity index is 2.45. The van der Waals surface area contributed by atoms with Gasteiger partial charge in [0.1, 0.15) is 4.90 Å². The van der Waals surface area contributed by atoms with Gasteiger partial charge in [0.25, 0.3) is 10.0 Å². The van der Waals surface area contributed by atoms with Crippen molar-refractivity contribution in [3.8, 4) is 0 Å². The van der Waals surface area contributed by atoms with Crippen molar-refractivity contribution in [2.45, 2.75) is 4.90 Å². The average molecular weight is 387 g/mol. The number of nitrogens with zero attached hydrogens (tertiary/aromatic N) is 1. The van der Waals surface area contributed by atoms with Crippen LogP contribution in [0.5, 0.6) is 0 Å². The molecule has 10 heteroatoms. The molecule has 0 amide bonds. The number of rotatable bonds is 3. The van der Waals surface area contributed by atoms with E-state index < -0.39 is 20.7 Å². The zero-order valence-electron chi connectivity index (χ0n) is 9.02. The van der Waals surface area contributed by atoms with Crippen molar-refractivity contribution >= 4 is 59.7 Å². The third-order valence-electron chi connectivity index (χ3n) is 2.02. The monoisotopic (exact) mass is 385 g/mol. The summed E-state index contributed by atoms with van der Waals surface area (Å²) in [6, 6.07) is 2.12. The number of sulfonamides is 1. The van der Waals surface area contributed by atoms with Gasteiger partial charge < -0.3 is 5.73 Å². The van der Waals surface area contributed by atoms with Gasteiger partial charge in [-0.1, -0.05) is 22.9 Å². The summed E-state index contributed by atoms with van der Waals surface area (Å²) in [5.41, 5.74) is 5.00. The van der Waals surface area contributed by atoms with E-state index in [-0.39, 0.29) is 15.8 Å². The molecule has 0 saturated carbocycles. The second-order valence-electron chi connectivity index (χ2n) is 3.38. The van der Waals surface area contributed by atoms with Gasteiger partial charge in [0, 0.05) is 5.02 Å². The van der Waals surface area contributed by atoms with E-state index in [0.29, 0.717) is 3.79 Å². The fourth-order valence-corrected chi connectivity index (χ4v) is 4.02. The number of halogens is 3. The van der Waals surface area contributed by atoms with Crippen LogP contribution in [0, 0.1) is 5.82 Å². The lowest BCUT2D eigenvalue weighted by Crippen LogP contribution is -2.15. The van der Waals surface area contributed by atoms with Gasteiger partial charge in [0.15, 0.2) is 10.9 Å². The van der Waals surface area contributed by atoms with Gasteiger partial charge in [0.05, 0.1) is 15.7 Å². The minimum atomic E-state index is -4.14. The zero-order chi connectivity index (χ0) is 14.2. The van der Waals surface area contributed by atoms with Gasteiger partial charge in [-0.15, -0.1) is 0 Å². The maximum absolute atomic E-state index is 13.8. The number of thiazole rings is 1. The van der Waals surface area contributed by atoms with Crippen molar-refractivity contribution < 1.29 is 12.8 Å². The first-order valence-corrected chi connectivity index (χ1v) is 8.15. The summed E-state index contributed by atoms with van der Waals surface area (Å²) in [5.74, 6) is -1.05. The molecule has 0 aliphatic rings. The van der Waals surface area contributed by atoms with Crippen molar-refractivity contribution in [3.05, 3.63) is 33.0 Å². The summed E-state index contributed by atoms with van der Waals surface area (Å²) < 4.78 is 40.6. The quantitative estimate of drug-likeness (QED) is 0.794. The van der Waals surface area contributed by atoms with E-state index in [4.69, 9.17) is 17.3 Å². The standard InChI is InChI=1S/C9H6BrClFN3O2S2/c10-7-3-14-9(18-7)15-19(16,17)6-2-4(11)1-5(13)8(6)12/h1-3H,13H2,(H,14,15). The van der Waals surface area contributed by atoms with Crippen molar-refractivity contribution in [1.29, 1.82) is 0 Å². The molecule has 1 aromatic heterocycles. The highest BCUT2D eigenvalue weighted by Crippen LogP contribution is 2.29. The number of nitrogens with one attached hydrogen (secondary N) is 1. The van der Waals surface area contributed by atoms with Crippen LogP contribution >= 0.6 is 38.9 Å². The molecule has 2 aromatic rings. The molecule has 0 radical (unpaired) electrons. The minimum absolute atomic E-state index is 0.0274. The highest BCUT2D eigenvalue weighted by atomic mass is 79.9. The maximum Gasteiger partial charge on any atom is 0.266 e. The number of hydrogen-bond acceptors (Lipinski definition) is 5. The molecule has 102 valence electrons. The van der Waals surface area contributed by atoms with E-state index in [0.717, 1.165) is 23.5 Å². The third kappa shape index (κ3) is 3.16. The first-order chi connectivity index (χ1) is 8.79. The normalized spacial score (nSPS) is 11.5. The largest absolute Gasteiger partial charge is 0.396 e. The van der Waals surface area contributed by atoms with Crippen LogP contribution in [-0.4, -0.2) is 13.4 Å². The second-order valence-corrected chi connectivity index (χ2v) is 7.88. The molecule has 5 nitrogen and oxygen atoms in total. The first kappa shape index (κ1) is 14.5. The van der Waals surface area contributed by atoms with E-state index in [9.17, 15) is 12.8 Å². The molecule has 0 aliphatic heterocycles. The Bertz CT molecular complexity index is 735. The molecule has 1 aromatic carbocycles. The summed E-state index contributed by atoms with van der Waals surface area (Å²) >= 11 is 9.87. The van der Waals surface area contributed by atoms with Gasteiger partial charge in [-0.2, -0.15) is 0 Å². The minimum Gasteiger partial charge on any atom is -0.396 e. The van der Waals surface area contributed by atoms with E-state index in [2.05, 4.69) is 25.6 Å². The van der Waals surface area contributed by atoms with Crippen molar-refractivity contribution in [2.75, 3.05) is 10.5 Å². The molecule has 0 fully saturated rings. The smallest absolute Gasteiger partial charge is 0.266 e. The summed E-state index contributed by atoms with van der Waals surface area (Å²) in [7, 11) is -4.14. The first-order valence-electron chi connectivity index (χ1n) is 4.68. The van der Waals surface area contributed by atoms with Crippen LogP contribution in [0.1, 0.15) is 0 Å². The highest BCUT2D eigenvalue weighted by Gasteiger charge is 2.23. The molecule has 0 saturated heterocycles. The zero-order valence-corrected chi connectivity index (χ0v) is 13.0. The molecular formula is C9H6BrClFN3O2S2. The summed E-state index contributed by atoms with van der Waals surface area (Å²) in [6.45, 7) is 0. The molecule has 19 heavy (non-hydrogen) atoms. The van der Waals surface area contributed by atoms with E-state index in [1.807, 2.05) is 0 Å². The van der Waals surface area contributed by atoms with Crippen LogP contribution in [0.15, 0.2) is 27.0 Å². The Kier molecular flexibility index (Phi) is 4.00. The van der Waals surface area contributed by atoms with Crippen LogP contribution in [-0.2, 0) is 10.0 Å². The van der Waals surface area contributed by atoms with Gasteiger partial charge in [0.2, 0.25) is 0 Å². The third-order valence-corrected chi connectivity index (χ3v) is 5.10. The number of nitrogen functional groups attached to an aromatic ring is 1. The fraction of sp³-hybridized carbons (Fsp3) is 0. The second kappa shape index (κ2) is 5.23. The van der Waals surface area contributed by atoms with Crippen LogP contribution in [0.4, 0.5) is 15.2 Å². The predicted octanol–water partition coefficient (Wildman–Crippen LogP) is 3.08. The van der Waals surface area contributed by atoms with E-state index in [1.165, 1.54) is 6.20 Å². The molecule has 0 spiro atoms. The Morgan fingerprint density at radius 1 is 1.47 bits per heavy atom. The molecular weight excluding hydrogens is 381 g/mol. The Hall–Kier alpha value is -0.900. The van der Waals surface area contributed by atoms with Gasteiger partial charge in [-0.05, 0) is 28.1 Å². The van der Waals surface area contributed by atoms with Gasteiger partial charge in [-0.3, -0.25) is 4.72 Å². The number of anilines is 2. The van der Waals surface area contributed by atoms with Crippen LogP contribution in [0.25, 0.3) is 0 Å². The lowest BCUT2D eigenvalue weighted by molar-refractivity contribution is 0.573. The van der Waals surface area contributed by atoms with Gasteiger partial charge in [-0.25, -0.2) is 17.8 Å². The SMILES string of the molecule is Nc1cc(Cl)cc(S(=O)(=O)Nc2ncc(Br)s2)c1F. The molecule has 0 atom stereocenters.